The zero-order valence-electron chi connectivity index (χ0n) is 16.4. The summed E-state index contributed by atoms with van der Waals surface area (Å²) >= 11 is 6.49. The minimum atomic E-state index is -0.514. The molecule has 2 aliphatic rings. The average molecular weight is 437 g/mol. The molecule has 2 heterocycles. The lowest BCUT2D eigenvalue weighted by Gasteiger charge is -2.33. The van der Waals surface area contributed by atoms with Crippen molar-refractivity contribution in [3.8, 4) is 0 Å². The summed E-state index contributed by atoms with van der Waals surface area (Å²) in [7, 11) is 0. The molecule has 0 radical (unpaired) electrons. The highest BCUT2D eigenvalue weighted by atomic mass is 35.5. The maximum atomic E-state index is 13.2. The van der Waals surface area contributed by atoms with Gasteiger partial charge in [0.2, 0.25) is 0 Å². The van der Waals surface area contributed by atoms with Crippen LogP contribution in [0.25, 0.3) is 0 Å². The van der Waals surface area contributed by atoms with Gasteiger partial charge in [-0.3, -0.25) is 9.59 Å². The topological polar surface area (TPSA) is 76.0 Å². The number of nitrogens with one attached hydrogen (secondary N) is 2. The molecular formula is C23H18ClFN4O2. The second-order valence-corrected chi connectivity index (χ2v) is 7.94. The number of fused-ring (bicyclic) bond motifs is 1. The number of hydrogen-bond acceptors (Lipinski definition) is 4. The smallest absolute Gasteiger partial charge is 0.261 e. The predicted molar refractivity (Wildman–Crippen MR) is 116 cm³/mol. The molecule has 0 saturated heterocycles. The third-order valence-corrected chi connectivity index (χ3v) is 5.93. The minimum Gasteiger partial charge on any atom is -0.343 e. The molecule has 0 spiro atoms. The Morgan fingerprint density at radius 3 is 2.71 bits per heavy atom. The summed E-state index contributed by atoms with van der Waals surface area (Å²) in [4.78, 5) is 25.8. The summed E-state index contributed by atoms with van der Waals surface area (Å²) in [6.45, 7) is 0. The minimum absolute atomic E-state index is 0.0529. The number of ketones is 1. The Hall–Kier alpha value is -3.45. The largest absolute Gasteiger partial charge is 0.343 e. The van der Waals surface area contributed by atoms with E-state index in [2.05, 4.69) is 15.7 Å². The lowest BCUT2D eigenvalue weighted by Crippen LogP contribution is -2.32. The van der Waals surface area contributed by atoms with E-state index in [1.54, 1.807) is 10.7 Å². The molecule has 1 amide bonds. The first-order valence-corrected chi connectivity index (χ1v) is 10.3. The Labute approximate surface area is 182 Å². The van der Waals surface area contributed by atoms with E-state index in [9.17, 15) is 14.0 Å². The molecule has 3 aromatic rings. The van der Waals surface area contributed by atoms with Gasteiger partial charge in [0.25, 0.3) is 5.91 Å². The number of halogens is 2. The van der Waals surface area contributed by atoms with E-state index in [0.717, 1.165) is 17.7 Å². The van der Waals surface area contributed by atoms with E-state index in [-0.39, 0.29) is 17.5 Å². The van der Waals surface area contributed by atoms with Crippen molar-refractivity contribution in [2.24, 2.45) is 0 Å². The van der Waals surface area contributed by atoms with Crippen LogP contribution in [0.4, 0.5) is 15.9 Å². The zero-order chi connectivity index (χ0) is 21.5. The second kappa shape index (κ2) is 7.67. The van der Waals surface area contributed by atoms with Gasteiger partial charge < -0.3 is 10.6 Å². The lowest BCUT2D eigenvalue weighted by atomic mass is 9.85. The predicted octanol–water partition coefficient (Wildman–Crippen LogP) is 4.95. The van der Waals surface area contributed by atoms with E-state index in [1.165, 1.54) is 30.5 Å². The Kier molecular flexibility index (Phi) is 4.82. The molecule has 0 fully saturated rings. The van der Waals surface area contributed by atoms with Crippen LogP contribution in [0.15, 0.2) is 66.0 Å². The molecule has 31 heavy (non-hydrogen) atoms. The van der Waals surface area contributed by atoms with E-state index < -0.39 is 6.04 Å². The fraction of sp³-hybridized carbons (Fsp3) is 0.174. The number of hydrogen-bond donors (Lipinski definition) is 2. The van der Waals surface area contributed by atoms with Crippen LogP contribution in [0.1, 0.15) is 41.2 Å². The summed E-state index contributed by atoms with van der Waals surface area (Å²) < 4.78 is 14.8. The van der Waals surface area contributed by atoms with Crippen LogP contribution in [0.2, 0.25) is 5.02 Å². The summed E-state index contributed by atoms with van der Waals surface area (Å²) in [5, 5.41) is 11.0. The fourth-order valence-electron chi connectivity index (χ4n) is 4.14. The van der Waals surface area contributed by atoms with Gasteiger partial charge >= 0.3 is 0 Å². The lowest BCUT2D eigenvalue weighted by molar-refractivity contribution is -0.116. The van der Waals surface area contributed by atoms with Gasteiger partial charge in [-0.25, -0.2) is 9.07 Å². The van der Waals surface area contributed by atoms with E-state index in [1.807, 2.05) is 18.2 Å². The number of allylic oxidation sites excluding steroid dienone is 2. The van der Waals surface area contributed by atoms with E-state index >= 15 is 0 Å². The van der Waals surface area contributed by atoms with Crippen molar-refractivity contribution >= 4 is 34.8 Å². The normalized spacial score (nSPS) is 17.6. The molecule has 1 aromatic heterocycles. The van der Waals surface area contributed by atoms with E-state index in [0.29, 0.717) is 40.5 Å². The maximum absolute atomic E-state index is 13.2. The first-order chi connectivity index (χ1) is 15.0. The van der Waals surface area contributed by atoms with Crippen molar-refractivity contribution in [1.82, 2.24) is 9.78 Å². The van der Waals surface area contributed by atoms with Gasteiger partial charge in [-0.05, 0) is 48.7 Å². The zero-order valence-corrected chi connectivity index (χ0v) is 17.1. The third kappa shape index (κ3) is 3.41. The van der Waals surface area contributed by atoms with Gasteiger partial charge in [-0.1, -0.05) is 29.8 Å². The number of benzene rings is 2. The number of nitrogens with zero attached hydrogens (tertiary/aromatic N) is 2. The van der Waals surface area contributed by atoms with Gasteiger partial charge in [-0.15, -0.1) is 0 Å². The molecule has 0 bridgehead atoms. The van der Waals surface area contributed by atoms with Gasteiger partial charge in [-0.2, -0.15) is 5.10 Å². The second-order valence-electron chi connectivity index (χ2n) is 7.53. The van der Waals surface area contributed by atoms with Crippen LogP contribution in [-0.2, 0) is 4.79 Å². The fourth-order valence-corrected chi connectivity index (χ4v) is 4.38. The highest BCUT2D eigenvalue weighted by molar-refractivity contribution is 6.31. The van der Waals surface area contributed by atoms with Crippen LogP contribution in [0, 0.1) is 5.82 Å². The van der Waals surface area contributed by atoms with Crippen LogP contribution in [0.3, 0.4) is 0 Å². The molecule has 5 rings (SSSR count). The maximum Gasteiger partial charge on any atom is 0.261 e. The summed E-state index contributed by atoms with van der Waals surface area (Å²) in [5.41, 5.74) is 2.98. The number of amides is 1. The molecule has 2 N–H and O–H groups in total. The van der Waals surface area contributed by atoms with Crippen molar-refractivity contribution in [1.29, 1.82) is 0 Å². The quantitative estimate of drug-likeness (QED) is 0.609. The van der Waals surface area contributed by atoms with Crippen molar-refractivity contribution in [3.63, 3.8) is 0 Å². The number of carbonyl (C=O) groups is 2. The van der Waals surface area contributed by atoms with Crippen LogP contribution < -0.4 is 10.6 Å². The van der Waals surface area contributed by atoms with Gasteiger partial charge in [0.15, 0.2) is 5.78 Å². The SMILES string of the molecule is O=C1CCCC2=C1[C@@H](c1ccccc1Cl)n1ncc(C(=O)Nc3ccc(F)cc3)c1N2. The number of carbonyl (C=O) groups excluding carboxylic acids is 2. The third-order valence-electron chi connectivity index (χ3n) is 5.59. The van der Waals surface area contributed by atoms with E-state index in [4.69, 9.17) is 11.6 Å². The van der Waals surface area contributed by atoms with Crippen molar-refractivity contribution < 1.29 is 14.0 Å². The summed E-state index contributed by atoms with van der Waals surface area (Å²) in [5.74, 6) is -0.217. The molecule has 1 atom stereocenters. The van der Waals surface area contributed by atoms with Crippen molar-refractivity contribution in [3.05, 3.63) is 88.0 Å². The Morgan fingerprint density at radius 1 is 1.16 bits per heavy atom. The summed E-state index contributed by atoms with van der Waals surface area (Å²) in [6, 6.07) is 12.4. The van der Waals surface area contributed by atoms with Crippen molar-refractivity contribution in [2.45, 2.75) is 25.3 Å². The van der Waals surface area contributed by atoms with Crippen LogP contribution in [0.5, 0.6) is 0 Å². The van der Waals surface area contributed by atoms with Crippen LogP contribution in [-0.4, -0.2) is 21.5 Å². The van der Waals surface area contributed by atoms with Crippen molar-refractivity contribution in [2.75, 3.05) is 10.6 Å². The number of aromatic nitrogens is 2. The molecule has 0 saturated carbocycles. The first-order valence-electron chi connectivity index (χ1n) is 9.95. The van der Waals surface area contributed by atoms with Gasteiger partial charge in [0, 0.05) is 28.4 Å². The molecule has 1 aliphatic carbocycles. The Balaban J connectivity index is 1.58. The highest BCUT2D eigenvalue weighted by Gasteiger charge is 2.38. The molecule has 1 aliphatic heterocycles. The highest BCUT2D eigenvalue weighted by Crippen LogP contribution is 2.43. The summed E-state index contributed by atoms with van der Waals surface area (Å²) in [6.07, 6.45) is 3.38. The molecule has 6 nitrogen and oxygen atoms in total. The first kappa shape index (κ1) is 19.5. The molecule has 8 heteroatoms. The molecule has 2 aromatic carbocycles. The molecule has 0 unspecified atom stereocenters. The average Bonchev–Trinajstić information content (AvgIpc) is 3.18. The van der Waals surface area contributed by atoms with Gasteiger partial charge in [0.1, 0.15) is 23.2 Å². The van der Waals surface area contributed by atoms with Gasteiger partial charge in [0.05, 0.1) is 6.20 Å². The van der Waals surface area contributed by atoms with Crippen LogP contribution >= 0.6 is 11.6 Å². The monoisotopic (exact) mass is 436 g/mol. The Bertz CT molecular complexity index is 1230. The number of rotatable bonds is 3. The Morgan fingerprint density at radius 2 is 1.94 bits per heavy atom. The number of Topliss-reactive ketones (excluding diaryl/α,β-unsaturated/α-hetero) is 1. The standard InChI is InChI=1S/C23H18ClFN4O2/c24-17-5-2-1-4-15(17)21-20-18(6-3-7-19(20)30)28-22-16(12-26-29(21)22)23(31)27-14-10-8-13(25)9-11-14/h1-2,4-5,8-12,21,28H,3,6-7H2,(H,27,31)/t21-/m1/s1. The molecular weight excluding hydrogens is 419 g/mol. The number of anilines is 2. The molecule has 156 valence electrons.